The Morgan fingerprint density at radius 2 is 1.61 bits per heavy atom. The summed E-state index contributed by atoms with van der Waals surface area (Å²) in [4.78, 5) is 17.1. The van der Waals surface area contributed by atoms with Crippen LogP contribution in [0.4, 0.5) is 28.8 Å². The van der Waals surface area contributed by atoms with Gasteiger partial charge in [-0.25, -0.2) is 13.4 Å². The van der Waals surface area contributed by atoms with Gasteiger partial charge in [-0.3, -0.25) is 4.90 Å². The second-order valence-corrected chi connectivity index (χ2v) is 13.9. The summed E-state index contributed by atoms with van der Waals surface area (Å²) in [6.45, 7) is 6.62. The van der Waals surface area contributed by atoms with Gasteiger partial charge in [0.25, 0.3) is 0 Å². The van der Waals surface area contributed by atoms with Gasteiger partial charge in [-0.1, -0.05) is 23.7 Å². The van der Waals surface area contributed by atoms with Gasteiger partial charge in [0.15, 0.2) is 9.84 Å². The molecule has 2 saturated heterocycles. The maximum atomic E-state index is 12.5. The number of rotatable bonds is 8. The van der Waals surface area contributed by atoms with E-state index in [9.17, 15) is 8.42 Å². The predicted octanol–water partition coefficient (Wildman–Crippen LogP) is 5.40. The molecule has 0 atom stereocenters. The summed E-state index contributed by atoms with van der Waals surface area (Å²) >= 11 is 6.12. The van der Waals surface area contributed by atoms with Gasteiger partial charge in [0.1, 0.15) is 11.6 Å². The number of fused-ring (bicyclic) bond motifs is 1. The smallest absolute Gasteiger partial charge is 0.229 e. The number of para-hydroxylation sites is 1. The lowest BCUT2D eigenvalue weighted by atomic mass is 10.0. The fourth-order valence-electron chi connectivity index (χ4n) is 6.04. The Morgan fingerprint density at radius 1 is 0.886 bits per heavy atom. The minimum Gasteiger partial charge on any atom is -0.494 e. The molecule has 0 unspecified atom stereocenters. The summed E-state index contributed by atoms with van der Waals surface area (Å²) < 4.78 is 30.8. The molecule has 1 aromatic heterocycles. The lowest BCUT2D eigenvalue weighted by molar-refractivity contribution is 0.0982. The lowest BCUT2D eigenvalue weighted by Gasteiger charge is -2.42. The van der Waals surface area contributed by atoms with Gasteiger partial charge in [-0.05, 0) is 62.4 Å². The van der Waals surface area contributed by atoms with E-state index in [0.29, 0.717) is 39.8 Å². The van der Waals surface area contributed by atoms with E-state index in [2.05, 4.69) is 44.5 Å². The molecule has 3 aromatic carbocycles. The molecule has 0 amide bonds. The Morgan fingerprint density at radius 3 is 2.34 bits per heavy atom. The zero-order chi connectivity index (χ0) is 30.8. The molecule has 0 aliphatic carbocycles. The average Bonchev–Trinajstić information content (AvgIpc) is 3.02. The highest BCUT2D eigenvalue weighted by Crippen LogP contribution is 2.35. The van der Waals surface area contributed by atoms with E-state index in [-0.39, 0.29) is 4.90 Å². The Kier molecular flexibility index (Phi) is 8.82. The van der Waals surface area contributed by atoms with E-state index < -0.39 is 9.84 Å². The molecule has 3 heterocycles. The van der Waals surface area contributed by atoms with Crippen molar-refractivity contribution in [1.82, 2.24) is 19.8 Å². The molecule has 0 bridgehead atoms. The van der Waals surface area contributed by atoms with E-state index in [1.165, 1.54) is 6.07 Å². The van der Waals surface area contributed by atoms with Gasteiger partial charge in [-0.2, -0.15) is 4.98 Å². The highest BCUT2D eigenvalue weighted by atomic mass is 35.5. The molecule has 10 nitrogen and oxygen atoms in total. The topological polar surface area (TPSA) is 103 Å². The van der Waals surface area contributed by atoms with Crippen LogP contribution in [0.3, 0.4) is 0 Å². The number of sulfone groups is 1. The second-order valence-electron chi connectivity index (χ2n) is 11.5. The first-order valence-corrected chi connectivity index (χ1v) is 17.1. The molecule has 12 heteroatoms. The third-order valence-electron chi connectivity index (χ3n) is 8.51. The molecule has 0 saturated carbocycles. The normalized spacial score (nSPS) is 17.1. The largest absolute Gasteiger partial charge is 0.494 e. The van der Waals surface area contributed by atoms with Crippen LogP contribution in [0.5, 0.6) is 5.75 Å². The summed E-state index contributed by atoms with van der Waals surface area (Å²) in [5.41, 5.74) is 2.93. The Bertz CT molecular complexity index is 1750. The van der Waals surface area contributed by atoms with E-state index in [1.807, 2.05) is 30.3 Å². The number of anilines is 5. The molecule has 2 aliphatic heterocycles. The number of methoxy groups -OCH3 is 1. The van der Waals surface area contributed by atoms with Crippen molar-refractivity contribution in [3.05, 3.63) is 65.7 Å². The molecule has 0 radical (unpaired) electrons. The maximum Gasteiger partial charge on any atom is 0.229 e. The summed E-state index contributed by atoms with van der Waals surface area (Å²) in [7, 11) is 0.306. The first-order valence-electron chi connectivity index (χ1n) is 14.8. The van der Waals surface area contributed by atoms with E-state index in [4.69, 9.17) is 26.3 Å². The van der Waals surface area contributed by atoms with Crippen molar-refractivity contribution in [3.63, 3.8) is 0 Å². The monoisotopic (exact) mass is 635 g/mol. The van der Waals surface area contributed by atoms with Crippen molar-refractivity contribution in [2.24, 2.45) is 0 Å². The van der Waals surface area contributed by atoms with Crippen LogP contribution in [0.2, 0.25) is 5.02 Å². The quantitative estimate of drug-likeness (QED) is 0.262. The third-order valence-corrected chi connectivity index (χ3v) is 9.89. The number of benzene rings is 3. The van der Waals surface area contributed by atoms with Crippen LogP contribution in [-0.4, -0.2) is 93.9 Å². The molecule has 232 valence electrons. The first kappa shape index (κ1) is 30.4. The van der Waals surface area contributed by atoms with Crippen molar-refractivity contribution < 1.29 is 13.2 Å². The Hall–Kier alpha value is -3.64. The van der Waals surface area contributed by atoms with Crippen molar-refractivity contribution in [1.29, 1.82) is 0 Å². The van der Waals surface area contributed by atoms with E-state index in [0.717, 1.165) is 75.1 Å². The SMILES string of the molecule is COc1cc(N2CCC(N3CCN(C)CC3)CC2)ccc1Nc1nc(Nc2ccc(Cl)cc2S(C)(=O)=O)c2ccccc2n1. The van der Waals surface area contributed by atoms with Gasteiger partial charge in [-0.15, -0.1) is 0 Å². The molecular formula is C32H38ClN7O3S. The number of hydrogen-bond donors (Lipinski definition) is 2. The average molecular weight is 636 g/mol. The standard InChI is InChI=1S/C32H38ClN7O3S/c1-38-16-18-40(19-17-38)23-12-14-39(15-13-23)24-9-11-27(29(21-24)43-2)36-32-35-26-7-5-4-6-25(26)31(37-32)34-28-10-8-22(33)20-30(28)44(3,41)42/h4-11,20-21,23H,12-19H2,1-3H3,(H2,34,35,36,37). The molecule has 2 N–H and O–H groups in total. The molecular weight excluding hydrogens is 598 g/mol. The zero-order valence-corrected chi connectivity index (χ0v) is 26.8. The summed E-state index contributed by atoms with van der Waals surface area (Å²) in [5, 5.41) is 7.62. The fourth-order valence-corrected chi connectivity index (χ4v) is 7.13. The lowest BCUT2D eigenvalue weighted by Crippen LogP contribution is -2.52. The summed E-state index contributed by atoms with van der Waals surface area (Å²) in [6, 6.07) is 19.1. The van der Waals surface area contributed by atoms with Gasteiger partial charge < -0.3 is 25.2 Å². The number of aromatic nitrogens is 2. The third kappa shape index (κ3) is 6.71. The second kappa shape index (κ2) is 12.8. The van der Waals surface area contributed by atoms with Gasteiger partial charge in [0.05, 0.1) is 28.9 Å². The highest BCUT2D eigenvalue weighted by molar-refractivity contribution is 7.90. The van der Waals surface area contributed by atoms with E-state index >= 15 is 0 Å². The Labute approximate surface area is 263 Å². The number of hydrogen-bond acceptors (Lipinski definition) is 10. The molecule has 6 rings (SSSR count). The van der Waals surface area contributed by atoms with Crippen molar-refractivity contribution in [2.45, 2.75) is 23.8 Å². The van der Waals surface area contributed by atoms with Crippen molar-refractivity contribution >= 4 is 61.2 Å². The number of halogens is 1. The van der Waals surface area contributed by atoms with Gasteiger partial charge >= 0.3 is 0 Å². The van der Waals surface area contributed by atoms with Crippen LogP contribution in [0.1, 0.15) is 12.8 Å². The minimum absolute atomic E-state index is 0.0898. The van der Waals surface area contributed by atoms with Crippen molar-refractivity contribution in [2.75, 3.05) is 75.2 Å². The predicted molar refractivity (Wildman–Crippen MR) is 178 cm³/mol. The van der Waals surface area contributed by atoms with Crippen LogP contribution in [0.15, 0.2) is 65.6 Å². The first-order chi connectivity index (χ1) is 21.2. The number of piperazine rings is 1. The van der Waals surface area contributed by atoms with Crippen LogP contribution >= 0.6 is 11.6 Å². The fraction of sp³-hybridized carbons (Fsp3) is 0.375. The van der Waals surface area contributed by atoms with Gasteiger partial charge in [0.2, 0.25) is 5.95 Å². The molecule has 2 aliphatic rings. The molecule has 0 spiro atoms. The van der Waals surface area contributed by atoms with Crippen LogP contribution in [-0.2, 0) is 9.84 Å². The summed E-state index contributed by atoms with van der Waals surface area (Å²) in [6.07, 6.45) is 3.46. The minimum atomic E-state index is -3.55. The zero-order valence-electron chi connectivity index (χ0n) is 25.3. The number of nitrogens with one attached hydrogen (secondary N) is 2. The van der Waals surface area contributed by atoms with E-state index in [1.54, 1.807) is 19.2 Å². The number of ether oxygens (including phenoxy) is 1. The van der Waals surface area contributed by atoms with Crippen molar-refractivity contribution in [3.8, 4) is 5.75 Å². The highest BCUT2D eigenvalue weighted by Gasteiger charge is 2.27. The van der Waals surface area contributed by atoms with Crippen LogP contribution in [0.25, 0.3) is 10.9 Å². The van der Waals surface area contributed by atoms with Gasteiger partial charge in [0, 0.05) is 73.7 Å². The van der Waals surface area contributed by atoms with Crippen LogP contribution in [0, 0.1) is 0 Å². The number of nitrogens with zero attached hydrogens (tertiary/aromatic N) is 5. The molecule has 2 fully saturated rings. The summed E-state index contributed by atoms with van der Waals surface area (Å²) in [5.74, 6) is 1.50. The maximum absolute atomic E-state index is 12.5. The number of likely N-dealkylation sites (N-methyl/N-ethyl adjacent to an activating group) is 1. The van der Waals surface area contributed by atoms with Crippen LogP contribution < -0.4 is 20.3 Å². The number of piperidine rings is 1. The Balaban J connectivity index is 1.22. The molecule has 44 heavy (non-hydrogen) atoms. The molecule has 4 aromatic rings.